The van der Waals surface area contributed by atoms with Crippen LogP contribution in [0.15, 0.2) is 42.7 Å². The number of carbonyl (C=O) groups is 1. The second-order valence-electron chi connectivity index (χ2n) is 7.54. The van der Waals surface area contributed by atoms with E-state index in [2.05, 4.69) is 10.3 Å². The number of aliphatic hydroxyl groups excluding tert-OH is 1. The maximum Gasteiger partial charge on any atom is 0.154 e. The molecule has 1 aliphatic heterocycles. The minimum absolute atomic E-state index is 0.0764. The number of nitrogens with one attached hydrogen (secondary N) is 1. The third-order valence-electron chi connectivity index (χ3n) is 5.54. The Morgan fingerprint density at radius 1 is 1.32 bits per heavy atom. The van der Waals surface area contributed by atoms with Gasteiger partial charge in [-0.05, 0) is 61.2 Å². The van der Waals surface area contributed by atoms with Crippen molar-refractivity contribution in [1.29, 1.82) is 0 Å². The number of hydrogen-bond donors (Lipinski definition) is 3. The molecule has 28 heavy (non-hydrogen) atoms. The number of ketones is 1. The Morgan fingerprint density at radius 2 is 2.18 bits per heavy atom. The Labute approximate surface area is 163 Å². The van der Waals surface area contributed by atoms with Crippen LogP contribution in [-0.4, -0.2) is 44.2 Å². The molecule has 2 atom stereocenters. The molecule has 146 valence electrons. The fourth-order valence-corrected chi connectivity index (χ4v) is 4.03. The molecule has 1 aliphatic rings. The average molecular weight is 379 g/mol. The van der Waals surface area contributed by atoms with Gasteiger partial charge in [0.1, 0.15) is 5.75 Å². The third-order valence-corrected chi connectivity index (χ3v) is 5.54. The smallest absolute Gasteiger partial charge is 0.154 e. The number of phenolic OH excluding ortho intramolecular Hbond substituents is 1. The van der Waals surface area contributed by atoms with E-state index in [1.807, 2.05) is 35.8 Å². The highest BCUT2D eigenvalue weighted by Crippen LogP contribution is 2.30. The van der Waals surface area contributed by atoms with Gasteiger partial charge in [0.15, 0.2) is 5.78 Å². The molecule has 6 heteroatoms. The topological polar surface area (TPSA) is 87.4 Å². The van der Waals surface area contributed by atoms with Gasteiger partial charge in [0.2, 0.25) is 0 Å². The SMILES string of the molecule is Cc1c(-c2cccc(O)c2)ccc2c1ncn2CC(=O)C[C@H]1NCCC[C@@H]1O. The summed E-state index contributed by atoms with van der Waals surface area (Å²) in [5.41, 5.74) is 4.71. The van der Waals surface area contributed by atoms with Gasteiger partial charge in [-0.3, -0.25) is 4.79 Å². The monoisotopic (exact) mass is 379 g/mol. The molecule has 3 N–H and O–H groups in total. The summed E-state index contributed by atoms with van der Waals surface area (Å²) in [6, 6.07) is 11.0. The van der Waals surface area contributed by atoms with Gasteiger partial charge in [0, 0.05) is 12.5 Å². The number of phenols is 1. The predicted octanol–water partition coefficient (Wildman–Crippen LogP) is 2.79. The number of aromatic hydroxyl groups is 1. The van der Waals surface area contributed by atoms with Crippen LogP contribution in [0.2, 0.25) is 0 Å². The number of rotatable bonds is 5. The second-order valence-corrected chi connectivity index (χ2v) is 7.54. The molecule has 0 spiro atoms. The number of benzene rings is 2. The van der Waals surface area contributed by atoms with Crippen LogP contribution < -0.4 is 5.32 Å². The van der Waals surface area contributed by atoms with Crippen LogP contribution in [0.25, 0.3) is 22.2 Å². The molecule has 1 aromatic heterocycles. The zero-order chi connectivity index (χ0) is 19.7. The molecule has 2 heterocycles. The standard InChI is InChI=1S/C22H25N3O3/c1-14-18(15-4-2-5-16(26)10-15)7-8-20-22(14)24-13-25(20)12-17(27)11-19-21(28)6-3-9-23-19/h2,4-5,7-8,10,13,19,21,23,26,28H,3,6,9,11-12H2,1H3/t19-,21+/m1/s1. The van der Waals surface area contributed by atoms with Crippen LogP contribution in [0, 0.1) is 6.92 Å². The van der Waals surface area contributed by atoms with E-state index in [-0.39, 0.29) is 24.1 Å². The highest BCUT2D eigenvalue weighted by molar-refractivity contribution is 5.88. The normalized spacial score (nSPS) is 19.8. The molecule has 2 aromatic carbocycles. The molecule has 6 nitrogen and oxygen atoms in total. The van der Waals surface area contributed by atoms with Crippen molar-refractivity contribution in [2.45, 2.75) is 44.9 Å². The van der Waals surface area contributed by atoms with Crippen LogP contribution in [0.1, 0.15) is 24.8 Å². The van der Waals surface area contributed by atoms with E-state index in [1.54, 1.807) is 18.5 Å². The molecule has 0 saturated carbocycles. The van der Waals surface area contributed by atoms with Gasteiger partial charge >= 0.3 is 0 Å². The molecular formula is C22H25N3O3. The first-order valence-electron chi connectivity index (χ1n) is 9.70. The van der Waals surface area contributed by atoms with E-state index in [0.717, 1.165) is 47.1 Å². The molecule has 4 rings (SSSR count). The maximum atomic E-state index is 12.6. The van der Waals surface area contributed by atoms with Crippen molar-refractivity contribution in [2.24, 2.45) is 0 Å². The number of fused-ring (bicyclic) bond motifs is 1. The molecule has 1 saturated heterocycles. The number of aromatic nitrogens is 2. The molecule has 0 unspecified atom stereocenters. The van der Waals surface area contributed by atoms with E-state index >= 15 is 0 Å². The quantitative estimate of drug-likeness (QED) is 0.635. The Hall–Kier alpha value is -2.70. The highest BCUT2D eigenvalue weighted by Gasteiger charge is 2.25. The minimum Gasteiger partial charge on any atom is -0.508 e. The Morgan fingerprint density at radius 3 is 2.96 bits per heavy atom. The van der Waals surface area contributed by atoms with Gasteiger partial charge < -0.3 is 20.1 Å². The van der Waals surface area contributed by atoms with Crippen LogP contribution >= 0.6 is 0 Å². The molecular weight excluding hydrogens is 354 g/mol. The lowest BCUT2D eigenvalue weighted by Gasteiger charge is -2.28. The molecule has 1 fully saturated rings. The number of hydrogen-bond acceptors (Lipinski definition) is 5. The first-order valence-corrected chi connectivity index (χ1v) is 9.70. The lowest BCUT2D eigenvalue weighted by atomic mass is 9.97. The summed E-state index contributed by atoms with van der Waals surface area (Å²) in [5.74, 6) is 0.305. The molecule has 0 amide bonds. The van der Waals surface area contributed by atoms with Gasteiger partial charge in [0.05, 0.1) is 30.0 Å². The summed E-state index contributed by atoms with van der Waals surface area (Å²) in [6.45, 7) is 3.09. The third kappa shape index (κ3) is 3.66. The van der Waals surface area contributed by atoms with Crippen molar-refractivity contribution in [3.8, 4) is 16.9 Å². The zero-order valence-electron chi connectivity index (χ0n) is 15.9. The van der Waals surface area contributed by atoms with Crippen molar-refractivity contribution in [3.05, 3.63) is 48.3 Å². The first-order chi connectivity index (χ1) is 13.5. The Balaban J connectivity index is 1.56. The number of nitrogens with zero attached hydrogens (tertiary/aromatic N) is 2. The molecule has 0 radical (unpaired) electrons. The van der Waals surface area contributed by atoms with E-state index < -0.39 is 6.10 Å². The summed E-state index contributed by atoms with van der Waals surface area (Å²) >= 11 is 0. The summed E-state index contributed by atoms with van der Waals surface area (Å²) in [6.07, 6.45) is 3.26. The number of Topliss-reactive ketones (excluding diaryl/α,β-unsaturated/α-hetero) is 1. The molecule has 0 aliphatic carbocycles. The van der Waals surface area contributed by atoms with Crippen LogP contribution in [0.3, 0.4) is 0 Å². The molecule has 0 bridgehead atoms. The lowest BCUT2D eigenvalue weighted by molar-refractivity contribution is -0.121. The summed E-state index contributed by atoms with van der Waals surface area (Å²) in [4.78, 5) is 17.1. The van der Waals surface area contributed by atoms with Crippen molar-refractivity contribution in [2.75, 3.05) is 6.54 Å². The summed E-state index contributed by atoms with van der Waals surface area (Å²) < 4.78 is 1.87. The second kappa shape index (κ2) is 7.73. The Bertz CT molecular complexity index is 1010. The highest BCUT2D eigenvalue weighted by atomic mass is 16.3. The van der Waals surface area contributed by atoms with Crippen molar-refractivity contribution in [1.82, 2.24) is 14.9 Å². The number of imidazole rings is 1. The minimum atomic E-state index is -0.454. The van der Waals surface area contributed by atoms with Gasteiger partial charge in [-0.1, -0.05) is 18.2 Å². The van der Waals surface area contributed by atoms with Crippen molar-refractivity contribution < 1.29 is 15.0 Å². The van der Waals surface area contributed by atoms with Gasteiger partial charge in [-0.15, -0.1) is 0 Å². The van der Waals surface area contributed by atoms with E-state index in [9.17, 15) is 15.0 Å². The van der Waals surface area contributed by atoms with E-state index in [1.165, 1.54) is 0 Å². The van der Waals surface area contributed by atoms with Crippen LogP contribution in [0.4, 0.5) is 0 Å². The van der Waals surface area contributed by atoms with E-state index in [4.69, 9.17) is 0 Å². The van der Waals surface area contributed by atoms with Gasteiger partial charge in [-0.2, -0.15) is 0 Å². The summed E-state index contributed by atoms with van der Waals surface area (Å²) in [7, 11) is 0. The van der Waals surface area contributed by atoms with Crippen LogP contribution in [-0.2, 0) is 11.3 Å². The van der Waals surface area contributed by atoms with Crippen molar-refractivity contribution in [3.63, 3.8) is 0 Å². The zero-order valence-corrected chi connectivity index (χ0v) is 15.9. The number of aryl methyl sites for hydroxylation is 1. The van der Waals surface area contributed by atoms with Crippen LogP contribution in [0.5, 0.6) is 5.75 Å². The fourth-order valence-electron chi connectivity index (χ4n) is 4.03. The van der Waals surface area contributed by atoms with E-state index in [0.29, 0.717) is 6.42 Å². The van der Waals surface area contributed by atoms with Gasteiger partial charge in [-0.25, -0.2) is 4.98 Å². The molecule has 3 aromatic rings. The number of carbonyl (C=O) groups excluding carboxylic acids is 1. The largest absolute Gasteiger partial charge is 0.508 e. The first kappa shape index (κ1) is 18.7. The Kier molecular flexibility index (Phi) is 5.15. The predicted molar refractivity (Wildman–Crippen MR) is 108 cm³/mol. The number of aliphatic hydroxyl groups is 1. The lowest BCUT2D eigenvalue weighted by Crippen LogP contribution is -2.46. The summed E-state index contributed by atoms with van der Waals surface area (Å²) in [5, 5.41) is 23.1. The maximum absolute atomic E-state index is 12.6. The average Bonchev–Trinajstić information content (AvgIpc) is 3.07. The van der Waals surface area contributed by atoms with Gasteiger partial charge in [0.25, 0.3) is 0 Å². The number of piperidine rings is 1. The van der Waals surface area contributed by atoms with Crippen molar-refractivity contribution >= 4 is 16.8 Å². The fraction of sp³-hybridized carbons (Fsp3) is 0.364.